The first kappa shape index (κ1) is 11.9. The number of ether oxygens (including phenoxy) is 1. The van der Waals surface area contributed by atoms with Gasteiger partial charge in [-0.1, -0.05) is 36.9 Å². The number of carbonyl (C=O) groups is 1. The van der Waals surface area contributed by atoms with Gasteiger partial charge in [0.2, 0.25) is 0 Å². The molecule has 0 aromatic heterocycles. The summed E-state index contributed by atoms with van der Waals surface area (Å²) in [5.74, 6) is -0.200. The molecule has 3 heteroatoms. The molecule has 0 heterocycles. The number of carbonyl (C=O) groups excluding carboxylic acids is 1. The number of hydrogen-bond donors (Lipinski definition) is 1. The van der Waals surface area contributed by atoms with E-state index in [9.17, 15) is 9.90 Å². The van der Waals surface area contributed by atoms with Crippen LogP contribution in [0, 0.1) is 0 Å². The summed E-state index contributed by atoms with van der Waals surface area (Å²) >= 11 is 0. The van der Waals surface area contributed by atoms with E-state index >= 15 is 0 Å². The fourth-order valence-corrected chi connectivity index (χ4v) is 1.59. The highest BCUT2D eigenvalue weighted by Crippen LogP contribution is 2.32. The Labute approximate surface area is 105 Å². The maximum atomic E-state index is 11.0. The Morgan fingerprint density at radius 1 is 1.17 bits per heavy atom. The standard InChI is InChI=1S/C15H12O3/c1-2-15(17)18-12-8-9-13(14(16)10-12)11-6-4-3-5-7-11/h2-10,16H,1H2. The molecule has 0 unspecified atom stereocenters. The average molecular weight is 240 g/mol. The summed E-state index contributed by atoms with van der Waals surface area (Å²) in [4.78, 5) is 11.0. The molecule has 0 aliphatic rings. The van der Waals surface area contributed by atoms with E-state index in [0.717, 1.165) is 11.6 Å². The van der Waals surface area contributed by atoms with E-state index in [1.165, 1.54) is 6.07 Å². The lowest BCUT2D eigenvalue weighted by Gasteiger charge is -2.07. The van der Waals surface area contributed by atoms with Gasteiger partial charge in [0.25, 0.3) is 0 Å². The Morgan fingerprint density at radius 3 is 2.50 bits per heavy atom. The van der Waals surface area contributed by atoms with Gasteiger partial charge in [-0.25, -0.2) is 4.79 Å². The average Bonchev–Trinajstić information content (AvgIpc) is 2.40. The van der Waals surface area contributed by atoms with Crippen LogP contribution < -0.4 is 4.74 Å². The molecule has 0 aliphatic carbocycles. The minimum atomic E-state index is -0.554. The lowest BCUT2D eigenvalue weighted by atomic mass is 10.0. The number of rotatable bonds is 3. The quantitative estimate of drug-likeness (QED) is 0.509. The summed E-state index contributed by atoms with van der Waals surface area (Å²) in [7, 11) is 0. The highest BCUT2D eigenvalue weighted by molar-refractivity contribution is 5.83. The number of esters is 1. The van der Waals surface area contributed by atoms with Crippen LogP contribution in [0.1, 0.15) is 0 Å². The zero-order valence-electron chi connectivity index (χ0n) is 9.67. The minimum absolute atomic E-state index is 0.0653. The maximum absolute atomic E-state index is 11.0. The first-order chi connectivity index (χ1) is 8.70. The van der Waals surface area contributed by atoms with Crippen molar-refractivity contribution in [3.63, 3.8) is 0 Å². The Balaban J connectivity index is 2.31. The van der Waals surface area contributed by atoms with Crippen molar-refractivity contribution in [1.82, 2.24) is 0 Å². The third-order valence-corrected chi connectivity index (χ3v) is 2.44. The van der Waals surface area contributed by atoms with Crippen molar-refractivity contribution in [1.29, 1.82) is 0 Å². The number of phenolic OH excluding ortho intramolecular Hbond substituents is 1. The topological polar surface area (TPSA) is 46.5 Å². The van der Waals surface area contributed by atoms with Crippen LogP contribution >= 0.6 is 0 Å². The molecular weight excluding hydrogens is 228 g/mol. The molecular formula is C15H12O3. The van der Waals surface area contributed by atoms with Gasteiger partial charge in [-0.15, -0.1) is 0 Å². The third-order valence-electron chi connectivity index (χ3n) is 2.44. The lowest BCUT2D eigenvalue weighted by molar-refractivity contribution is -0.128. The fraction of sp³-hybridized carbons (Fsp3) is 0. The summed E-state index contributed by atoms with van der Waals surface area (Å²) in [6.45, 7) is 3.31. The molecule has 2 aromatic rings. The van der Waals surface area contributed by atoms with Gasteiger partial charge in [0, 0.05) is 17.7 Å². The Hall–Kier alpha value is -2.55. The smallest absolute Gasteiger partial charge is 0.335 e. The summed E-state index contributed by atoms with van der Waals surface area (Å²) < 4.78 is 4.92. The van der Waals surface area contributed by atoms with Gasteiger partial charge in [0.1, 0.15) is 11.5 Å². The van der Waals surface area contributed by atoms with E-state index in [4.69, 9.17) is 4.74 Å². The van der Waals surface area contributed by atoms with Gasteiger partial charge >= 0.3 is 5.97 Å². The largest absolute Gasteiger partial charge is 0.507 e. The summed E-state index contributed by atoms with van der Waals surface area (Å²) in [5.41, 5.74) is 1.59. The van der Waals surface area contributed by atoms with Gasteiger partial charge in [0.05, 0.1) is 0 Å². The van der Waals surface area contributed by atoms with E-state index in [0.29, 0.717) is 5.56 Å². The van der Waals surface area contributed by atoms with Crippen LogP contribution in [0.3, 0.4) is 0 Å². The maximum Gasteiger partial charge on any atom is 0.335 e. The van der Waals surface area contributed by atoms with Gasteiger partial charge in [-0.05, 0) is 17.7 Å². The molecule has 0 fully saturated rings. The Kier molecular flexibility index (Phi) is 3.44. The van der Waals surface area contributed by atoms with Crippen molar-refractivity contribution in [2.24, 2.45) is 0 Å². The minimum Gasteiger partial charge on any atom is -0.507 e. The second-order valence-corrected chi connectivity index (χ2v) is 3.67. The summed E-state index contributed by atoms with van der Waals surface area (Å²) in [6, 6.07) is 14.2. The molecule has 0 saturated heterocycles. The predicted octanol–water partition coefficient (Wildman–Crippen LogP) is 3.15. The fourth-order valence-electron chi connectivity index (χ4n) is 1.59. The highest BCUT2D eigenvalue weighted by atomic mass is 16.5. The molecule has 2 aromatic carbocycles. The number of benzene rings is 2. The molecule has 0 radical (unpaired) electrons. The molecule has 0 aliphatic heterocycles. The van der Waals surface area contributed by atoms with Crippen LogP contribution in [0.25, 0.3) is 11.1 Å². The summed E-state index contributed by atoms with van der Waals surface area (Å²) in [6.07, 6.45) is 1.07. The molecule has 0 amide bonds. The number of aromatic hydroxyl groups is 1. The van der Waals surface area contributed by atoms with E-state index in [1.54, 1.807) is 12.1 Å². The number of hydrogen-bond acceptors (Lipinski definition) is 3. The zero-order chi connectivity index (χ0) is 13.0. The van der Waals surface area contributed by atoms with Crippen LogP contribution in [0.5, 0.6) is 11.5 Å². The first-order valence-corrected chi connectivity index (χ1v) is 5.43. The van der Waals surface area contributed by atoms with Gasteiger partial charge < -0.3 is 9.84 Å². The van der Waals surface area contributed by atoms with E-state index in [2.05, 4.69) is 6.58 Å². The Morgan fingerprint density at radius 2 is 1.89 bits per heavy atom. The van der Waals surface area contributed by atoms with Crippen LogP contribution in [-0.4, -0.2) is 11.1 Å². The second kappa shape index (κ2) is 5.19. The Bertz CT molecular complexity index is 574. The van der Waals surface area contributed by atoms with Crippen molar-refractivity contribution >= 4 is 5.97 Å². The van der Waals surface area contributed by atoms with Crippen LogP contribution in [0.2, 0.25) is 0 Å². The molecule has 0 atom stereocenters. The molecule has 0 spiro atoms. The monoisotopic (exact) mass is 240 g/mol. The second-order valence-electron chi connectivity index (χ2n) is 3.67. The molecule has 0 bridgehead atoms. The first-order valence-electron chi connectivity index (χ1n) is 5.43. The molecule has 90 valence electrons. The van der Waals surface area contributed by atoms with Gasteiger partial charge in [-0.2, -0.15) is 0 Å². The van der Waals surface area contributed by atoms with E-state index < -0.39 is 5.97 Å². The van der Waals surface area contributed by atoms with Gasteiger partial charge in [-0.3, -0.25) is 0 Å². The zero-order valence-corrected chi connectivity index (χ0v) is 9.67. The van der Waals surface area contributed by atoms with E-state index in [-0.39, 0.29) is 11.5 Å². The molecule has 2 rings (SSSR count). The summed E-state index contributed by atoms with van der Waals surface area (Å²) in [5, 5.41) is 9.91. The molecule has 3 nitrogen and oxygen atoms in total. The molecule has 18 heavy (non-hydrogen) atoms. The van der Waals surface area contributed by atoms with Crippen molar-refractivity contribution in [3.8, 4) is 22.6 Å². The SMILES string of the molecule is C=CC(=O)Oc1ccc(-c2ccccc2)c(O)c1. The van der Waals surface area contributed by atoms with Crippen molar-refractivity contribution in [2.75, 3.05) is 0 Å². The molecule has 0 saturated carbocycles. The predicted molar refractivity (Wildman–Crippen MR) is 69.4 cm³/mol. The molecule has 1 N–H and O–H groups in total. The van der Waals surface area contributed by atoms with Gasteiger partial charge in [0.15, 0.2) is 0 Å². The van der Waals surface area contributed by atoms with Crippen molar-refractivity contribution in [3.05, 3.63) is 61.2 Å². The van der Waals surface area contributed by atoms with Crippen molar-refractivity contribution in [2.45, 2.75) is 0 Å². The normalized spacial score (nSPS) is 9.78. The number of phenols is 1. The van der Waals surface area contributed by atoms with Crippen LogP contribution in [-0.2, 0) is 4.79 Å². The van der Waals surface area contributed by atoms with Crippen LogP contribution in [0.4, 0.5) is 0 Å². The van der Waals surface area contributed by atoms with E-state index in [1.807, 2.05) is 30.3 Å². The van der Waals surface area contributed by atoms with Crippen molar-refractivity contribution < 1.29 is 14.6 Å². The third kappa shape index (κ3) is 2.58. The van der Waals surface area contributed by atoms with Crippen LogP contribution in [0.15, 0.2) is 61.2 Å². The lowest BCUT2D eigenvalue weighted by Crippen LogP contribution is -2.02. The highest BCUT2D eigenvalue weighted by Gasteiger charge is 2.07.